The zero-order chi connectivity index (χ0) is 95.7. The molecule has 708 valence electrons. The number of ketones is 4. The fourth-order valence-corrected chi connectivity index (χ4v) is 22.6. The largest absolute Gasteiger partial charge is 0.390 e. The number of amides is 9. The molecule has 4 aromatic rings. The minimum absolute atomic E-state index is 0.0418. The van der Waals surface area contributed by atoms with E-state index in [0.29, 0.717) is 43.5 Å². The molecule has 24 heteroatoms. The molecular weight excluding hydrogens is 1630 g/mol. The van der Waals surface area contributed by atoms with Crippen molar-refractivity contribution in [3.63, 3.8) is 0 Å². The van der Waals surface area contributed by atoms with Crippen molar-refractivity contribution < 1.29 is 67.4 Å². The van der Waals surface area contributed by atoms with E-state index in [2.05, 4.69) is 107 Å². The fourth-order valence-electron chi connectivity index (χ4n) is 18.1. The molecule has 0 radical (unpaired) electrons. The summed E-state index contributed by atoms with van der Waals surface area (Å²) in [5.41, 5.74) is 0.891. The number of unbranched alkanes of at least 4 members (excludes halogenated alkanes) is 5. The molecule has 1 aliphatic rings. The molecule has 1 saturated heterocycles. The molecule has 5 rings (SSSR count). The zero-order valence-corrected chi connectivity index (χ0v) is 82.8. The second-order valence-electron chi connectivity index (χ2n) is 38.8. The van der Waals surface area contributed by atoms with Gasteiger partial charge in [-0.3, -0.25) is 62.3 Å². The maximum absolute atomic E-state index is 16.0. The van der Waals surface area contributed by atoms with Crippen molar-refractivity contribution in [3.8, 4) is 0 Å². The number of benzene rings is 4. The average molecular weight is 1790 g/mol. The Morgan fingerprint density at radius 2 is 0.922 bits per heavy atom. The van der Waals surface area contributed by atoms with Crippen molar-refractivity contribution in [2.24, 2.45) is 71.0 Å². The van der Waals surface area contributed by atoms with Crippen LogP contribution < -0.4 is 31.9 Å². The summed E-state index contributed by atoms with van der Waals surface area (Å²) in [4.78, 5) is 203. The van der Waals surface area contributed by atoms with Crippen LogP contribution in [0.4, 0.5) is 0 Å². The van der Waals surface area contributed by atoms with Crippen molar-refractivity contribution in [1.29, 1.82) is 0 Å². The molecule has 1 heterocycles. The second-order valence-corrected chi connectivity index (χ2v) is 42.5. The third-order valence-corrected chi connectivity index (χ3v) is 30.6. The lowest BCUT2D eigenvalue weighted by atomic mass is 9.77. The zero-order valence-electron chi connectivity index (χ0n) is 81.9. The third-order valence-electron chi connectivity index (χ3n) is 26.1. The Hall–Kier alpha value is -9.08. The van der Waals surface area contributed by atoms with Crippen molar-refractivity contribution in [3.05, 3.63) is 139 Å². The summed E-state index contributed by atoms with van der Waals surface area (Å²) in [6.07, 6.45) is 9.24. The number of carbonyl (C=O) groups excluding carboxylic acids is 13. The molecule has 0 aliphatic carbocycles. The van der Waals surface area contributed by atoms with Gasteiger partial charge >= 0.3 is 0 Å². The second kappa shape index (κ2) is 53.3. The van der Waals surface area contributed by atoms with E-state index in [9.17, 15) is 29.1 Å². The Morgan fingerprint density at radius 1 is 0.477 bits per heavy atom. The monoisotopic (exact) mass is 1790 g/mol. The molecule has 0 aromatic heterocycles. The first-order valence-electron chi connectivity index (χ1n) is 47.4. The number of allylic oxidation sites excluding steroid dienone is 2. The summed E-state index contributed by atoms with van der Waals surface area (Å²) in [5.74, 6) is -14.0. The SMILES string of the molecule is C/C=C/C[C@@H](C)[C@@H](O)[C@H]1C(=O)C[C@@H](CC)C(=O)N(C)C(Cc2ccc(C(=O)NCCCCCCNC(=O)CCCCC[P+](c3ccccc3)(c3ccccc3)c3ccccc3)cc2)C(=O)N(C)[C@@H](CC(C)C)C(=O)C[C@@H](C(C)C)C(=O)N(C)[C@@H](CC(C)C)C(=O)C[C@@H](C)C(=O)N[C@H](C)C(=O)N(C)[C@@H](CC(C)C)C(=O)N(C)[C@@H](CC(C)C)C(=O)C(C)[C@@H](C(C)C)C(=O)N1C. The minimum Gasteiger partial charge on any atom is -0.390 e. The third kappa shape index (κ3) is 31.1. The van der Waals surface area contributed by atoms with Gasteiger partial charge in [0.1, 0.15) is 47.3 Å². The lowest BCUT2D eigenvalue weighted by molar-refractivity contribution is -0.154. The summed E-state index contributed by atoms with van der Waals surface area (Å²) >= 11 is 0. The molecule has 1 fully saturated rings. The van der Waals surface area contributed by atoms with Crippen LogP contribution in [0.25, 0.3) is 0 Å². The van der Waals surface area contributed by atoms with E-state index in [1.54, 1.807) is 79.7 Å². The van der Waals surface area contributed by atoms with E-state index < -0.39 is 174 Å². The Morgan fingerprint density at radius 3 is 1.41 bits per heavy atom. The van der Waals surface area contributed by atoms with Gasteiger partial charge in [-0.25, -0.2) is 0 Å². The number of nitrogens with zero attached hydrogens (tertiary/aromatic N) is 6. The Labute approximate surface area is 767 Å². The molecular formula is C104H159N9O14P+. The number of hydrogen-bond donors (Lipinski definition) is 4. The average Bonchev–Trinajstić information content (AvgIpc) is 0.765. The number of hydrogen-bond acceptors (Lipinski definition) is 14. The van der Waals surface area contributed by atoms with Crippen LogP contribution in [0.2, 0.25) is 0 Å². The van der Waals surface area contributed by atoms with Crippen LogP contribution in [0.15, 0.2) is 127 Å². The van der Waals surface area contributed by atoms with Crippen molar-refractivity contribution in [2.75, 3.05) is 61.5 Å². The highest BCUT2D eigenvalue weighted by Crippen LogP contribution is 2.56. The molecule has 0 bridgehead atoms. The molecule has 0 spiro atoms. The van der Waals surface area contributed by atoms with Crippen molar-refractivity contribution >= 4 is 99.5 Å². The quantitative estimate of drug-likeness (QED) is 0.0192. The van der Waals surface area contributed by atoms with Crippen LogP contribution in [-0.4, -0.2) is 221 Å². The number of nitrogens with one attached hydrogen (secondary N) is 3. The normalized spacial score (nSPS) is 23.1. The molecule has 23 nitrogen and oxygen atoms in total. The molecule has 4 aromatic carbocycles. The first-order chi connectivity index (χ1) is 60.4. The Balaban J connectivity index is 1.48. The topological polar surface area (TPSA) is 298 Å². The summed E-state index contributed by atoms with van der Waals surface area (Å²) < 4.78 is 0. The van der Waals surface area contributed by atoms with Crippen LogP contribution in [0.3, 0.4) is 0 Å². The van der Waals surface area contributed by atoms with Crippen LogP contribution in [-0.2, 0) is 64.0 Å². The lowest BCUT2D eigenvalue weighted by Crippen LogP contribution is -2.58. The minimum atomic E-state index is -1.95. The van der Waals surface area contributed by atoms with Gasteiger partial charge in [-0.1, -0.05) is 203 Å². The van der Waals surface area contributed by atoms with E-state index >= 15 is 38.4 Å². The fraction of sp³-hybridized carbons (Fsp3) is 0.625. The Bertz CT molecular complexity index is 4170. The van der Waals surface area contributed by atoms with E-state index in [1.807, 2.05) is 74.5 Å². The van der Waals surface area contributed by atoms with E-state index in [4.69, 9.17) is 0 Å². The number of aliphatic hydroxyl groups is 1. The first-order valence-corrected chi connectivity index (χ1v) is 49.4. The predicted octanol–water partition coefficient (Wildman–Crippen LogP) is 14.1. The van der Waals surface area contributed by atoms with Crippen LogP contribution in [0.5, 0.6) is 0 Å². The maximum Gasteiger partial charge on any atom is 0.251 e. The van der Waals surface area contributed by atoms with Crippen LogP contribution >= 0.6 is 7.26 Å². The number of carbonyl (C=O) groups is 13. The molecule has 0 saturated carbocycles. The van der Waals surface area contributed by atoms with Gasteiger partial charge in [0.05, 0.1) is 30.4 Å². The first kappa shape index (κ1) is 109. The van der Waals surface area contributed by atoms with Crippen LogP contribution in [0, 0.1) is 71.0 Å². The molecule has 2 unspecified atom stereocenters. The highest BCUT2D eigenvalue weighted by molar-refractivity contribution is 7.95. The highest BCUT2D eigenvalue weighted by atomic mass is 31.2. The van der Waals surface area contributed by atoms with E-state index in [0.717, 1.165) is 44.7 Å². The summed E-state index contributed by atoms with van der Waals surface area (Å²) in [6, 6.07) is 30.7. The molecule has 128 heavy (non-hydrogen) atoms. The number of Topliss-reactive ketones (excluding diaryl/α,β-unsaturated/α-hetero) is 4. The predicted molar refractivity (Wildman–Crippen MR) is 514 cm³/mol. The standard InChI is InChI=1S/C104H158N9O14P/c1-25-27-44-73(15)95(118)94-91(116)65-78(26-2)100(123)112(23)88(64-77-52-54-79(55-53-77)98(121)106-57-42-29-28-41-56-105-92(117)51-40-33-43-58-128(80-45-34-30-35-46-80,81-47-36-31-37-48-81)82-49-38-32-39-50-82)103(126)109(20)85(60-68(5)6)90(115)66-83(71(11)12)101(124)108(19)84(59-67(3)4)89(114)63-74(16)97(120)107-76(18)99(122)111(22)87(62-70(9)10)102(125)110(21)86(61-69(7)8)96(119)75(17)93(72(13)14)104(127)113(94)24/h25,27,30-32,34-39,45-50,52-55,67-76,78,83-88,93-95,118H,26,28-29,33,40-44,51,56-66H2,1-24H3,(H2-,105,106,107,117,120,121)/p+1/b27-25+/t73-,74-,75?,76-,78-,83+,84+,85+,86+,87+,88?,93-,94-,95-/m1/s1. The maximum atomic E-state index is 16.0. The van der Waals surface area contributed by atoms with Gasteiger partial charge in [-0.15, -0.1) is 0 Å². The molecule has 1 aliphatic heterocycles. The summed E-state index contributed by atoms with van der Waals surface area (Å²) in [7, 11) is 6.94. The summed E-state index contributed by atoms with van der Waals surface area (Å²) in [5, 5.41) is 25.5. The van der Waals surface area contributed by atoms with Gasteiger partial charge in [-0.2, -0.15) is 0 Å². The van der Waals surface area contributed by atoms with E-state index in [-0.39, 0.29) is 86.9 Å². The highest BCUT2D eigenvalue weighted by Gasteiger charge is 2.49. The van der Waals surface area contributed by atoms with Gasteiger partial charge in [0, 0.05) is 123 Å². The lowest BCUT2D eigenvalue weighted by Gasteiger charge is -2.40. The van der Waals surface area contributed by atoms with Gasteiger partial charge in [-0.05, 0) is 180 Å². The van der Waals surface area contributed by atoms with Crippen molar-refractivity contribution in [1.82, 2.24) is 45.3 Å². The smallest absolute Gasteiger partial charge is 0.251 e. The molecule has 4 N–H and O–H groups in total. The summed E-state index contributed by atoms with van der Waals surface area (Å²) in [6.45, 7) is 33.3. The van der Waals surface area contributed by atoms with Crippen LogP contribution in [0.1, 0.15) is 250 Å². The van der Waals surface area contributed by atoms with Crippen molar-refractivity contribution in [2.45, 2.75) is 289 Å². The van der Waals surface area contributed by atoms with Gasteiger partial charge < -0.3 is 50.5 Å². The van der Waals surface area contributed by atoms with Gasteiger partial charge in [0.15, 0.2) is 23.1 Å². The Kier molecular flexibility index (Phi) is 45.6. The van der Waals surface area contributed by atoms with E-state index in [1.165, 1.54) is 94.5 Å². The van der Waals surface area contributed by atoms with Gasteiger partial charge in [0.2, 0.25) is 47.3 Å². The van der Waals surface area contributed by atoms with Gasteiger partial charge in [0.25, 0.3) is 5.91 Å². The number of rotatable bonds is 34. The number of aliphatic hydroxyl groups excluding tert-OH is 1. The molecule has 9 amide bonds. The molecule has 14 atom stereocenters. The number of likely N-dealkylation sites (N-methyl/N-ethyl adjacent to an activating group) is 6.